The summed E-state index contributed by atoms with van der Waals surface area (Å²) in [7, 11) is -1.01. The second kappa shape index (κ2) is 12.2. The lowest BCUT2D eigenvalue weighted by atomic mass is 10.4. The Morgan fingerprint density at radius 2 is 0.778 bits per heavy atom. The molecule has 0 radical (unpaired) electrons. The van der Waals surface area contributed by atoms with Gasteiger partial charge in [-0.05, 0) is 34.4 Å². The van der Waals surface area contributed by atoms with Crippen LogP contribution in [0.5, 0.6) is 0 Å². The van der Waals surface area contributed by atoms with E-state index < -0.39 is 21.9 Å². The molecule has 0 nitrogen and oxygen atoms in total. The zero-order chi connectivity index (χ0) is 24.6. The summed E-state index contributed by atoms with van der Waals surface area (Å²) in [5.41, 5.74) is 0. The molecule has 178 valence electrons. The molecule has 0 spiro atoms. The summed E-state index contributed by atoms with van der Waals surface area (Å²) in [4.78, 5) is 0. The van der Waals surface area contributed by atoms with Gasteiger partial charge in [0.2, 0.25) is 0 Å². The lowest BCUT2D eigenvalue weighted by molar-refractivity contribution is 1.72. The van der Waals surface area contributed by atoms with Gasteiger partial charge >= 0.3 is 0 Å². The first-order valence-corrected chi connectivity index (χ1v) is 18.3. The highest BCUT2D eigenvalue weighted by Crippen LogP contribution is 2.59. The van der Waals surface area contributed by atoms with Gasteiger partial charge in [0, 0.05) is 17.8 Å². The van der Waals surface area contributed by atoms with Crippen molar-refractivity contribution in [2.75, 3.05) is 11.8 Å². The van der Waals surface area contributed by atoms with Crippen LogP contribution in [0, 0.1) is 0 Å². The molecule has 0 aromatic heterocycles. The van der Waals surface area contributed by atoms with E-state index in [1.807, 2.05) is 0 Å². The molecular formula is C32H29P3S. The topological polar surface area (TPSA) is 0 Å². The molecule has 0 aliphatic heterocycles. The first kappa shape index (κ1) is 25.3. The van der Waals surface area contributed by atoms with Crippen LogP contribution in [0.25, 0.3) is 0 Å². The van der Waals surface area contributed by atoms with E-state index in [1.54, 1.807) is 0 Å². The van der Waals surface area contributed by atoms with Gasteiger partial charge in [-0.2, -0.15) is 0 Å². The van der Waals surface area contributed by atoms with E-state index in [1.165, 1.54) is 26.5 Å². The van der Waals surface area contributed by atoms with Crippen molar-refractivity contribution >= 4 is 60.2 Å². The summed E-state index contributed by atoms with van der Waals surface area (Å²) in [5.74, 6) is 2.18. The molecular weight excluding hydrogens is 509 g/mol. The molecule has 0 amide bonds. The van der Waals surface area contributed by atoms with Crippen molar-refractivity contribution in [3.63, 3.8) is 0 Å². The highest BCUT2D eigenvalue weighted by Gasteiger charge is 2.29. The molecule has 0 N–H and O–H groups in total. The molecule has 5 rings (SSSR count). The van der Waals surface area contributed by atoms with Gasteiger partial charge in [0.05, 0.1) is 0 Å². The zero-order valence-corrected chi connectivity index (χ0v) is 23.6. The monoisotopic (exact) mass is 538 g/mol. The van der Waals surface area contributed by atoms with Crippen molar-refractivity contribution in [2.45, 2.75) is 0 Å². The molecule has 0 aliphatic rings. The van der Waals surface area contributed by atoms with Gasteiger partial charge in [0.25, 0.3) is 0 Å². The summed E-state index contributed by atoms with van der Waals surface area (Å²) in [5, 5.41) is 6.97. The molecule has 1 unspecified atom stereocenters. The van der Waals surface area contributed by atoms with E-state index >= 15 is 0 Å². The van der Waals surface area contributed by atoms with Gasteiger partial charge in [-0.15, -0.1) is 0 Å². The van der Waals surface area contributed by atoms with Gasteiger partial charge in [-0.25, -0.2) is 0 Å². The van der Waals surface area contributed by atoms with Gasteiger partial charge in [-0.1, -0.05) is 171 Å². The van der Waals surface area contributed by atoms with E-state index in [0.29, 0.717) is 0 Å². The maximum Gasteiger partial charge on any atom is 0.0150 e. The smallest absolute Gasteiger partial charge is 0.0150 e. The Balaban J connectivity index is 1.60. The van der Waals surface area contributed by atoms with Crippen LogP contribution in [0.3, 0.4) is 0 Å². The van der Waals surface area contributed by atoms with Gasteiger partial charge < -0.3 is 0 Å². The van der Waals surface area contributed by atoms with Crippen molar-refractivity contribution in [3.8, 4) is 0 Å². The van der Waals surface area contributed by atoms with Crippen molar-refractivity contribution in [2.24, 2.45) is 0 Å². The molecule has 1 atom stereocenters. The van der Waals surface area contributed by atoms with Crippen LogP contribution in [0.2, 0.25) is 0 Å². The highest BCUT2D eigenvalue weighted by atomic mass is 32.4. The van der Waals surface area contributed by atoms with Crippen molar-refractivity contribution in [1.29, 1.82) is 0 Å². The largest absolute Gasteiger partial charge is 0.0872 e. The van der Waals surface area contributed by atoms with Crippen LogP contribution in [-0.4, -0.2) is 11.8 Å². The number of hydrogen-bond donors (Lipinski definition) is 0. The molecule has 0 saturated carbocycles. The number of rotatable bonds is 9. The standard InChI is InChI=1S/C32H29P3S/c36-35(31-22-12-4-13-23-31,32-24-14-5-15-25-32)27-33(28-16-6-1-7-17-28)26-34(29-18-8-2-9-19-29)30-20-10-3-11-21-30/h1-25H,26-27H2. The van der Waals surface area contributed by atoms with E-state index in [0.717, 1.165) is 11.8 Å². The van der Waals surface area contributed by atoms with Crippen LogP contribution in [0.4, 0.5) is 0 Å². The van der Waals surface area contributed by atoms with Gasteiger partial charge in [0.15, 0.2) is 0 Å². The predicted octanol–water partition coefficient (Wildman–Crippen LogP) is 6.97. The molecule has 0 bridgehead atoms. The van der Waals surface area contributed by atoms with Crippen LogP contribution in [-0.2, 0) is 11.8 Å². The molecule has 4 heteroatoms. The summed E-state index contributed by atoms with van der Waals surface area (Å²) in [6, 6.07) is 53.1. The van der Waals surface area contributed by atoms with Gasteiger partial charge in [-0.3, -0.25) is 0 Å². The minimum atomic E-state index is -2.01. The Morgan fingerprint density at radius 3 is 1.17 bits per heavy atom. The van der Waals surface area contributed by atoms with E-state index in [2.05, 4.69) is 152 Å². The third-order valence-corrected chi connectivity index (χ3v) is 19.2. The Bertz CT molecular complexity index is 1310. The normalized spacial score (nSPS) is 12.4. The lowest BCUT2D eigenvalue weighted by Gasteiger charge is -2.32. The average Bonchev–Trinajstić information content (AvgIpc) is 2.97. The molecule has 36 heavy (non-hydrogen) atoms. The van der Waals surface area contributed by atoms with Crippen LogP contribution in [0.15, 0.2) is 152 Å². The third kappa shape index (κ3) is 5.94. The summed E-state index contributed by atoms with van der Waals surface area (Å²) >= 11 is 6.73. The Hall–Kier alpha value is -2.39. The molecule has 5 aromatic rings. The molecule has 0 heterocycles. The van der Waals surface area contributed by atoms with Crippen molar-refractivity contribution in [1.82, 2.24) is 0 Å². The number of benzene rings is 5. The zero-order valence-electron chi connectivity index (χ0n) is 20.1. The Kier molecular flexibility index (Phi) is 8.59. The quantitative estimate of drug-likeness (QED) is 0.183. The summed E-state index contributed by atoms with van der Waals surface area (Å²) in [6.45, 7) is 0. The molecule has 0 saturated heterocycles. The summed E-state index contributed by atoms with van der Waals surface area (Å²) in [6.07, 6.45) is 0. The third-order valence-electron chi connectivity index (χ3n) is 6.29. The van der Waals surface area contributed by atoms with E-state index in [4.69, 9.17) is 11.8 Å². The first-order chi connectivity index (χ1) is 17.7. The second-order valence-electron chi connectivity index (χ2n) is 8.67. The lowest BCUT2D eigenvalue weighted by Crippen LogP contribution is -2.21. The van der Waals surface area contributed by atoms with E-state index in [-0.39, 0.29) is 0 Å². The minimum Gasteiger partial charge on any atom is -0.0872 e. The van der Waals surface area contributed by atoms with Crippen molar-refractivity contribution in [3.05, 3.63) is 152 Å². The van der Waals surface area contributed by atoms with Crippen LogP contribution >= 0.6 is 21.9 Å². The van der Waals surface area contributed by atoms with E-state index in [9.17, 15) is 0 Å². The van der Waals surface area contributed by atoms with Gasteiger partial charge in [0.1, 0.15) is 0 Å². The van der Waals surface area contributed by atoms with Crippen LogP contribution in [0.1, 0.15) is 0 Å². The second-order valence-corrected chi connectivity index (χ2v) is 18.8. The Morgan fingerprint density at radius 1 is 0.444 bits per heavy atom. The highest BCUT2D eigenvalue weighted by molar-refractivity contribution is 8.24. The molecule has 5 aromatic carbocycles. The fourth-order valence-electron chi connectivity index (χ4n) is 4.44. The SMILES string of the molecule is S=P(CP(CP(c1ccccc1)c1ccccc1)c1ccccc1)(c1ccccc1)c1ccccc1. The molecule has 0 fully saturated rings. The Labute approximate surface area is 223 Å². The predicted molar refractivity (Wildman–Crippen MR) is 168 cm³/mol. The fourth-order valence-corrected chi connectivity index (χ4v) is 18.4. The number of hydrogen-bond acceptors (Lipinski definition) is 1. The maximum atomic E-state index is 6.73. The molecule has 0 aliphatic carbocycles. The van der Waals surface area contributed by atoms with Crippen molar-refractivity contribution < 1.29 is 0 Å². The minimum absolute atomic E-state index is 0.504. The maximum absolute atomic E-state index is 6.73. The fraction of sp³-hybridized carbons (Fsp3) is 0.0625. The van der Waals surface area contributed by atoms with Crippen LogP contribution < -0.4 is 26.5 Å². The summed E-state index contributed by atoms with van der Waals surface area (Å²) < 4.78 is 0. The average molecular weight is 539 g/mol. The first-order valence-electron chi connectivity index (χ1n) is 12.1.